The van der Waals surface area contributed by atoms with E-state index in [4.69, 9.17) is 5.73 Å². The largest absolute Gasteiger partial charge is 0.387 e. The van der Waals surface area contributed by atoms with Gasteiger partial charge >= 0.3 is 0 Å². The zero-order valence-electron chi connectivity index (χ0n) is 6.83. The molecule has 0 aliphatic heterocycles. The summed E-state index contributed by atoms with van der Waals surface area (Å²) in [4.78, 5) is 4.10. The van der Waals surface area contributed by atoms with E-state index in [1.165, 1.54) is 5.56 Å². The molecule has 0 saturated heterocycles. The van der Waals surface area contributed by atoms with Gasteiger partial charge in [-0.1, -0.05) is 17.7 Å². The molecule has 2 N–H and O–H groups in total. The summed E-state index contributed by atoms with van der Waals surface area (Å²) in [5, 5.41) is 0. The third kappa shape index (κ3) is 2.42. The molecule has 0 amide bonds. The minimum Gasteiger partial charge on any atom is -0.387 e. The van der Waals surface area contributed by atoms with Crippen LogP contribution in [-0.2, 0) is 0 Å². The van der Waals surface area contributed by atoms with E-state index in [9.17, 15) is 0 Å². The van der Waals surface area contributed by atoms with Crippen molar-refractivity contribution in [1.82, 2.24) is 0 Å². The average Bonchev–Trinajstić information content (AvgIpc) is 1.93. The predicted molar refractivity (Wildman–Crippen MR) is 48.1 cm³/mol. The van der Waals surface area contributed by atoms with Crippen LogP contribution in [0.25, 0.3) is 0 Å². The highest BCUT2D eigenvalue weighted by Crippen LogP contribution is 2.11. The van der Waals surface area contributed by atoms with Gasteiger partial charge in [-0.3, -0.25) is 0 Å². The molecule has 1 aromatic carbocycles. The van der Waals surface area contributed by atoms with Crippen LogP contribution in [0.2, 0.25) is 0 Å². The van der Waals surface area contributed by atoms with E-state index in [2.05, 4.69) is 4.99 Å². The summed E-state index contributed by atoms with van der Waals surface area (Å²) >= 11 is 0. The Kier molecular flexibility index (Phi) is 2.26. The minimum atomic E-state index is 0.592. The lowest BCUT2D eigenvalue weighted by molar-refractivity contribution is 1.41. The summed E-state index contributed by atoms with van der Waals surface area (Å²) in [6, 6.07) is 7.93. The number of rotatable bonds is 1. The van der Waals surface area contributed by atoms with Crippen LogP contribution in [0.3, 0.4) is 0 Å². The van der Waals surface area contributed by atoms with Gasteiger partial charge in [0.25, 0.3) is 0 Å². The third-order valence-corrected chi connectivity index (χ3v) is 1.34. The number of benzene rings is 1. The van der Waals surface area contributed by atoms with Gasteiger partial charge in [0, 0.05) is 0 Å². The van der Waals surface area contributed by atoms with Crippen LogP contribution >= 0.6 is 0 Å². The SMILES string of the molecule is CC(N)=Nc1ccc(C)cc1. The topological polar surface area (TPSA) is 38.4 Å². The first-order valence-corrected chi connectivity index (χ1v) is 3.56. The van der Waals surface area contributed by atoms with Crippen LogP contribution in [0.15, 0.2) is 29.3 Å². The molecule has 1 rings (SSSR count). The maximum Gasteiger partial charge on any atom is 0.0964 e. The molecule has 0 atom stereocenters. The average molecular weight is 148 g/mol. The first kappa shape index (κ1) is 7.79. The Bertz CT molecular complexity index is 255. The molecule has 0 fully saturated rings. The van der Waals surface area contributed by atoms with Crippen LogP contribution in [0.1, 0.15) is 12.5 Å². The Morgan fingerprint density at radius 1 is 1.27 bits per heavy atom. The number of nitrogens with two attached hydrogens (primary N) is 1. The lowest BCUT2D eigenvalue weighted by Gasteiger charge is -1.94. The fourth-order valence-electron chi connectivity index (χ4n) is 0.823. The van der Waals surface area contributed by atoms with E-state index in [0.29, 0.717) is 5.84 Å². The van der Waals surface area contributed by atoms with Crippen LogP contribution in [-0.4, -0.2) is 5.84 Å². The smallest absolute Gasteiger partial charge is 0.0964 e. The van der Waals surface area contributed by atoms with Crippen molar-refractivity contribution in [2.24, 2.45) is 10.7 Å². The maximum atomic E-state index is 5.41. The third-order valence-electron chi connectivity index (χ3n) is 1.34. The molecule has 0 radical (unpaired) electrons. The van der Waals surface area contributed by atoms with Gasteiger partial charge in [0.05, 0.1) is 11.5 Å². The first-order valence-electron chi connectivity index (χ1n) is 3.56. The normalized spacial score (nSPS) is 11.6. The summed E-state index contributed by atoms with van der Waals surface area (Å²) < 4.78 is 0. The predicted octanol–water partition coefficient (Wildman–Crippen LogP) is 2.00. The molecule has 0 aliphatic rings. The van der Waals surface area contributed by atoms with Crippen molar-refractivity contribution < 1.29 is 0 Å². The van der Waals surface area contributed by atoms with Crippen LogP contribution in [0.4, 0.5) is 5.69 Å². The second-order valence-corrected chi connectivity index (χ2v) is 2.59. The quantitative estimate of drug-likeness (QED) is 0.480. The van der Waals surface area contributed by atoms with Crippen LogP contribution in [0, 0.1) is 6.92 Å². The number of hydrogen-bond donors (Lipinski definition) is 1. The van der Waals surface area contributed by atoms with Crippen molar-refractivity contribution in [3.8, 4) is 0 Å². The van der Waals surface area contributed by atoms with Crippen LogP contribution in [0.5, 0.6) is 0 Å². The fourth-order valence-corrected chi connectivity index (χ4v) is 0.823. The molecule has 1 aromatic rings. The molecule has 0 saturated carbocycles. The van der Waals surface area contributed by atoms with E-state index in [0.717, 1.165) is 5.69 Å². The standard InChI is InChI=1S/C9H12N2/c1-7-3-5-9(6-4-7)11-8(2)10/h3-6H,1-2H3,(H2,10,11). The molecular formula is C9H12N2. The zero-order valence-corrected chi connectivity index (χ0v) is 6.83. The molecule has 11 heavy (non-hydrogen) atoms. The first-order chi connectivity index (χ1) is 5.18. The summed E-state index contributed by atoms with van der Waals surface area (Å²) in [5.74, 6) is 0.592. The van der Waals surface area contributed by atoms with Gasteiger partial charge < -0.3 is 5.73 Å². The lowest BCUT2D eigenvalue weighted by atomic mass is 10.2. The van der Waals surface area contributed by atoms with Gasteiger partial charge in [-0.05, 0) is 26.0 Å². The second-order valence-electron chi connectivity index (χ2n) is 2.59. The highest BCUT2D eigenvalue weighted by atomic mass is 14.8. The number of aliphatic imine (C=N–C) groups is 1. The molecular weight excluding hydrogens is 136 g/mol. The van der Waals surface area contributed by atoms with Crippen molar-refractivity contribution >= 4 is 11.5 Å². The lowest BCUT2D eigenvalue weighted by Crippen LogP contribution is -2.03. The molecule has 0 heterocycles. The molecule has 0 unspecified atom stereocenters. The van der Waals surface area contributed by atoms with Gasteiger partial charge in [-0.25, -0.2) is 4.99 Å². The fraction of sp³-hybridized carbons (Fsp3) is 0.222. The molecule has 0 aliphatic carbocycles. The van der Waals surface area contributed by atoms with E-state index in [1.807, 2.05) is 31.2 Å². The summed E-state index contributed by atoms with van der Waals surface area (Å²) in [6.45, 7) is 3.82. The second kappa shape index (κ2) is 3.19. The Balaban J connectivity index is 2.91. The van der Waals surface area contributed by atoms with Gasteiger partial charge in [-0.15, -0.1) is 0 Å². The number of aryl methyl sites for hydroxylation is 1. The molecule has 0 bridgehead atoms. The molecule has 0 aromatic heterocycles. The van der Waals surface area contributed by atoms with Crippen molar-refractivity contribution in [2.75, 3.05) is 0 Å². The highest BCUT2D eigenvalue weighted by molar-refractivity contribution is 5.80. The summed E-state index contributed by atoms with van der Waals surface area (Å²) in [6.07, 6.45) is 0. The van der Waals surface area contributed by atoms with Gasteiger partial charge in [0.1, 0.15) is 0 Å². The number of hydrogen-bond acceptors (Lipinski definition) is 1. The molecule has 0 spiro atoms. The monoisotopic (exact) mass is 148 g/mol. The van der Waals surface area contributed by atoms with Crippen LogP contribution < -0.4 is 5.73 Å². The van der Waals surface area contributed by atoms with Crippen molar-refractivity contribution in [2.45, 2.75) is 13.8 Å². The van der Waals surface area contributed by atoms with Crippen molar-refractivity contribution in [3.05, 3.63) is 29.8 Å². The van der Waals surface area contributed by atoms with E-state index in [1.54, 1.807) is 6.92 Å². The number of nitrogens with zero attached hydrogens (tertiary/aromatic N) is 1. The van der Waals surface area contributed by atoms with E-state index in [-0.39, 0.29) is 0 Å². The van der Waals surface area contributed by atoms with Gasteiger partial charge in [0.2, 0.25) is 0 Å². The highest BCUT2D eigenvalue weighted by Gasteiger charge is 1.87. The van der Waals surface area contributed by atoms with Crippen molar-refractivity contribution in [1.29, 1.82) is 0 Å². The summed E-state index contributed by atoms with van der Waals surface area (Å²) in [5.41, 5.74) is 7.56. The molecule has 2 nitrogen and oxygen atoms in total. The molecule has 2 heteroatoms. The van der Waals surface area contributed by atoms with Crippen molar-refractivity contribution in [3.63, 3.8) is 0 Å². The number of amidine groups is 1. The summed E-state index contributed by atoms with van der Waals surface area (Å²) in [7, 11) is 0. The van der Waals surface area contributed by atoms with E-state index < -0.39 is 0 Å². The van der Waals surface area contributed by atoms with E-state index >= 15 is 0 Å². The Labute approximate surface area is 66.8 Å². The Morgan fingerprint density at radius 3 is 2.27 bits per heavy atom. The maximum absolute atomic E-state index is 5.41. The van der Waals surface area contributed by atoms with Gasteiger partial charge in [-0.2, -0.15) is 0 Å². The Morgan fingerprint density at radius 2 is 1.82 bits per heavy atom. The van der Waals surface area contributed by atoms with Gasteiger partial charge in [0.15, 0.2) is 0 Å². The molecule has 58 valence electrons. The minimum absolute atomic E-state index is 0.592. The zero-order chi connectivity index (χ0) is 8.27. The Hall–Kier alpha value is -1.31.